The number of aliphatic hydroxyl groups is 1. The number of carbonyl (C=O) groups excluding carboxylic acids is 5. The number of alkyl halides is 1. The average molecular weight is 2470 g/mol. The Morgan fingerprint density at radius 2 is 1.00 bits per heavy atom. The molecular weight excluding hydrogens is 2320 g/mol. The van der Waals surface area contributed by atoms with Crippen molar-refractivity contribution in [2.75, 3.05) is 64.9 Å². The second kappa shape index (κ2) is 72.6. The van der Waals surface area contributed by atoms with Crippen LogP contribution in [0.2, 0.25) is 30.1 Å². The number of ether oxygens (including phenoxy) is 5. The van der Waals surface area contributed by atoms with E-state index in [4.69, 9.17) is 133 Å². The van der Waals surface area contributed by atoms with E-state index in [9.17, 15) is 24.0 Å². The quantitative estimate of drug-likeness (QED) is 0.0127. The van der Waals surface area contributed by atoms with E-state index < -0.39 is 28.9 Å². The van der Waals surface area contributed by atoms with E-state index in [1.165, 1.54) is 214 Å². The second-order valence-electron chi connectivity index (χ2n) is 34.5. The molecule has 12 aliphatic rings. The number of phenols is 2. The number of Topliss-reactive ketones (excluding diaryl/α,β-unsaturated/α-hetero) is 1. The van der Waals surface area contributed by atoms with E-state index in [1.807, 2.05) is 71.1 Å². The zero-order chi connectivity index (χ0) is 93.2. The summed E-state index contributed by atoms with van der Waals surface area (Å²) < 4.78 is 33.1. The Bertz CT molecular complexity index is 4740. The van der Waals surface area contributed by atoms with Gasteiger partial charge in [-0.1, -0.05) is 228 Å². The molecule has 3 spiro atoms. The van der Waals surface area contributed by atoms with Crippen molar-refractivity contribution in [1.29, 1.82) is 0 Å². The number of nitrogens with zero attached hydrogens (tertiary/aromatic N) is 2. The number of aromatic hydroxyl groups is 2. The molecular formula is C107H150BCl8I3KN3NaO16. The van der Waals surface area contributed by atoms with E-state index >= 15 is 0 Å². The summed E-state index contributed by atoms with van der Waals surface area (Å²) in [5, 5.41) is 30.9. The van der Waals surface area contributed by atoms with Gasteiger partial charge in [-0.3, -0.25) is 14.5 Å². The maximum Gasteiger partial charge on any atom is 1.00 e. The first kappa shape index (κ1) is 141. The molecule has 0 aromatic heterocycles. The molecule has 1 saturated heterocycles. The second-order valence-corrected chi connectivity index (χ2v) is 40.4. The third-order valence-electron chi connectivity index (χ3n) is 25.2. The van der Waals surface area contributed by atoms with Crippen LogP contribution in [0.3, 0.4) is 0 Å². The summed E-state index contributed by atoms with van der Waals surface area (Å²) in [5.41, 5.74) is 13.0. The van der Waals surface area contributed by atoms with Crippen molar-refractivity contribution in [2.45, 2.75) is 282 Å². The monoisotopic (exact) mass is 2470 g/mol. The molecule has 0 amide bonds. The Labute approximate surface area is 988 Å². The van der Waals surface area contributed by atoms with Crippen molar-refractivity contribution in [3.63, 3.8) is 0 Å². The van der Waals surface area contributed by atoms with Gasteiger partial charge in [0.25, 0.3) is 0 Å². The zero-order valence-electron chi connectivity index (χ0n) is 76.0. The molecule has 771 valence electrons. The van der Waals surface area contributed by atoms with Crippen LogP contribution in [0.1, 0.15) is 270 Å². The first-order valence-corrected chi connectivity index (χ1v) is 49.5. The van der Waals surface area contributed by atoms with Gasteiger partial charge in [0.15, 0.2) is 5.56 Å². The van der Waals surface area contributed by atoms with Gasteiger partial charge in [0.1, 0.15) is 46.9 Å². The number of carbonyl (C=O) groups is 5. The van der Waals surface area contributed by atoms with Crippen LogP contribution in [-0.4, -0.2) is 133 Å². The molecule has 19 nitrogen and oxygen atoms in total. The number of hydrogen-bond donors (Lipinski definition) is 4. The Hall–Kier alpha value is -2.74. The summed E-state index contributed by atoms with van der Waals surface area (Å²) in [5.74, 6) is 6.57. The van der Waals surface area contributed by atoms with Crippen LogP contribution in [0.15, 0.2) is 163 Å². The van der Waals surface area contributed by atoms with Crippen LogP contribution in [0.5, 0.6) is 34.5 Å². The van der Waals surface area contributed by atoms with Gasteiger partial charge in [-0.25, -0.2) is 24.2 Å². The number of nitrogen functional groups attached to an aromatic ring is 1. The number of hydrogen-bond acceptors (Lipinski definition) is 19. The molecule has 5 aliphatic heterocycles. The van der Waals surface area contributed by atoms with Gasteiger partial charge in [-0.15, -0.1) is 0 Å². The van der Waals surface area contributed by atoms with E-state index in [0.717, 1.165) is 147 Å². The van der Waals surface area contributed by atoms with E-state index in [1.54, 1.807) is 24.3 Å². The number of phenolic OH excluding ortho intramolecular Hbond substituents is 2. The van der Waals surface area contributed by atoms with Crippen molar-refractivity contribution in [3.8, 4) is 34.5 Å². The molecule has 140 heavy (non-hydrogen) atoms. The zero-order valence-corrected chi connectivity index (χ0v) is 93.6. The molecule has 7 fully saturated rings. The summed E-state index contributed by atoms with van der Waals surface area (Å²) in [6.07, 6.45) is 36.6. The van der Waals surface area contributed by atoms with Crippen LogP contribution >= 0.6 is 138 Å². The minimum Gasteiger partial charge on any atom is -1.00 e. The van der Waals surface area contributed by atoms with Gasteiger partial charge >= 0.3 is 98.3 Å². The number of likely N-dealkylation sites (tertiary alicyclic amines) is 1. The summed E-state index contributed by atoms with van der Waals surface area (Å²) in [4.78, 5) is 62.6. The van der Waals surface area contributed by atoms with Gasteiger partial charge in [0, 0.05) is 133 Å². The third-order valence-corrected chi connectivity index (χ3v) is 28.5. The number of anilines is 1. The number of rotatable bonds is 8. The van der Waals surface area contributed by atoms with E-state index in [-0.39, 0.29) is 188 Å². The molecule has 5 N–H and O–H groups in total. The molecule has 7 aromatic rings. The molecule has 1 unspecified atom stereocenters. The molecule has 5 heterocycles. The molecule has 19 rings (SSSR count). The molecule has 6 atom stereocenters. The normalized spacial score (nSPS) is 19.2. The van der Waals surface area contributed by atoms with E-state index in [2.05, 4.69) is 126 Å². The third kappa shape index (κ3) is 46.4. The Morgan fingerprint density at radius 1 is 0.543 bits per heavy atom. The number of ketones is 1. The van der Waals surface area contributed by atoms with Crippen LogP contribution in [-0.2, 0) is 61.1 Å². The molecule has 7 aromatic carbocycles. The number of fused-ring (bicyclic) bond motifs is 10. The smallest absolute Gasteiger partial charge is 1.00 e. The van der Waals surface area contributed by atoms with Crippen molar-refractivity contribution in [2.24, 2.45) is 23.7 Å². The minimum absolute atomic E-state index is 0. The first-order chi connectivity index (χ1) is 61.8. The maximum atomic E-state index is 10.8. The van der Waals surface area contributed by atoms with Crippen LogP contribution in [0.4, 0.5) is 10.5 Å². The van der Waals surface area contributed by atoms with Gasteiger partial charge in [-0.05, 0) is 318 Å². The van der Waals surface area contributed by atoms with Gasteiger partial charge < -0.3 is 86.3 Å². The fourth-order valence-electron chi connectivity index (χ4n) is 18.6. The predicted molar refractivity (Wildman–Crippen MR) is 586 cm³/mol. The molecule has 7 aliphatic carbocycles. The first-order valence-electron chi connectivity index (χ1n) is 44.2. The fourth-order valence-corrected chi connectivity index (χ4v) is 21.4. The molecule has 6 saturated carbocycles. The van der Waals surface area contributed by atoms with Crippen molar-refractivity contribution in [1.82, 2.24) is 9.80 Å². The number of halogens is 11. The van der Waals surface area contributed by atoms with Gasteiger partial charge in [0.2, 0.25) is 5.97 Å². The summed E-state index contributed by atoms with van der Waals surface area (Å²) in [6.45, 7) is 14.1. The van der Waals surface area contributed by atoms with E-state index in [0.29, 0.717) is 44.9 Å². The number of allylic oxidation sites excluding steroid dienone is 1. The van der Waals surface area contributed by atoms with Gasteiger partial charge in [-0.2, -0.15) is 0 Å². The Kier molecular flexibility index (Phi) is 73.4. The van der Waals surface area contributed by atoms with Crippen LogP contribution in [0.25, 0.3) is 0 Å². The molecule has 33 heteroatoms. The SMILES string of the molecule is C.C.C.C.C.C.C.C.CC(=O)OOC(C)=O.CC(Cl)OC(=O)Cl.Clc1ccc(OCC2=CCN(Cc3ccccc3)CC2)c(I)c1.Clc1ccc2c(c1)C1(CCCCC1)CO2.Clc1ccc2c(c1)C1(CCCCC1)CO2.Clc1ccc2c(c1)C1(CCN([C@@H]3C[C@@H]4CC[C@H]3C4)CC1)CO2.Nc1cc(Cl)ccc1O.O=C1C[C@@H]2CC[C@H]1C2.OCC1=CCCCC1.Oc1ccc(Cl)cc1I.[B-]OC(C)=O.[I-].[K+].[Na+]. The number of aliphatic hydroxyl groups excluding tert-OH is 1. The predicted octanol–water partition coefficient (Wildman–Crippen LogP) is 22.1. The topological polar surface area (TPSA) is 252 Å². The maximum absolute atomic E-state index is 10.8. The van der Waals surface area contributed by atoms with Crippen molar-refractivity contribution < 1.29 is 182 Å². The fraction of sp³-hybridized carbons (Fsp3) is 0.523. The standard InChI is InChI=1S/C19H19ClINO.C19H24ClNO.2C13H15ClO.C7H10O.C7H12O.C6H4ClIO.C6H6ClNO.C4H6O4.C3H4Cl2O2.C2H3BO2.8CH4.HI.K.Na/c20-17-6-7-19(18(21)12-17)23-14-16-8-10-22(11-9-16)13-15-4-2-1-3-5-15;20-15-3-4-18-16(11-15)19(12-22-18)5-7-21(8-6-19)17-10-13-1-2-14(17)9-13;2*14-10-4-5-12-11(8-10)13(9-15-12)6-2-1-3-7-13;8-7-4-5-1-2-6(7)3-5;8-6-7-4-2-1-3-5-7;2*7-4-1-2-6(9)5(8)3-4;1-3(5)7-8-4(2)6;1-2(4)7-3(5)6;1-2(4)5-3;;;;;;;;;;;/h1-8,12H,9-11,13-14H2;3-4,11,13-14,17H,1-2,5-10,12H2;2*4-5,8H,1-3,6-7,9H2;5-6H,1-4H2;4,8H,1-3,5-6H2;1-3,9H;1-3,9H,8H2;1-2H3;2H,1H3;1H3;8*1H4;1H;;/q;;;;;;;;;;-1;;;;;;;;;;2*+1/p-1/t;13-,14+,17-;;;5-,6+;;;;;;;;;;;;;;;;;/m.1..1................./s1. The van der Waals surface area contributed by atoms with Crippen molar-refractivity contribution in [3.05, 3.63) is 222 Å². The summed E-state index contributed by atoms with van der Waals surface area (Å²) in [7, 11) is 4.32. The van der Waals surface area contributed by atoms with Gasteiger partial charge in [0.05, 0.1) is 39.3 Å². The number of piperidine rings is 1. The Morgan fingerprint density at radius 3 is 1.34 bits per heavy atom. The van der Waals surface area contributed by atoms with Crippen LogP contribution < -0.4 is 130 Å². The largest absolute Gasteiger partial charge is 1.00 e. The van der Waals surface area contributed by atoms with Crippen molar-refractivity contribution >= 4 is 181 Å². The minimum atomic E-state index is -0.873. The molecule has 4 bridgehead atoms. The summed E-state index contributed by atoms with van der Waals surface area (Å²) >= 11 is 49.6. The summed E-state index contributed by atoms with van der Waals surface area (Å²) in [6, 6.07) is 44.9. The number of nitrogens with two attached hydrogens (primary N) is 1. The van der Waals surface area contributed by atoms with Crippen LogP contribution in [0, 0.1) is 30.8 Å². The average Bonchev–Trinajstić information content (AvgIpc) is 1.74. The molecule has 3 radical (unpaired) electrons. The number of benzene rings is 7. The Balaban J connectivity index is -0.00000151.